The van der Waals surface area contributed by atoms with Crippen molar-refractivity contribution in [1.82, 2.24) is 15.2 Å². The van der Waals surface area contributed by atoms with E-state index < -0.39 is 0 Å². The number of amides is 2. The van der Waals surface area contributed by atoms with Crippen LogP contribution in [-0.4, -0.2) is 60.2 Å². The summed E-state index contributed by atoms with van der Waals surface area (Å²) in [6.07, 6.45) is 5.57. The highest BCUT2D eigenvalue weighted by Gasteiger charge is 2.23. The van der Waals surface area contributed by atoms with Crippen molar-refractivity contribution in [2.24, 2.45) is 11.0 Å². The minimum absolute atomic E-state index is 0.0148. The van der Waals surface area contributed by atoms with E-state index in [-0.39, 0.29) is 18.4 Å². The van der Waals surface area contributed by atoms with Crippen molar-refractivity contribution in [2.75, 3.05) is 32.7 Å². The first-order valence-corrected chi connectivity index (χ1v) is 12.5. The van der Waals surface area contributed by atoms with Gasteiger partial charge < -0.3 is 10.2 Å². The van der Waals surface area contributed by atoms with Gasteiger partial charge in [-0.05, 0) is 69.3 Å². The molecule has 1 saturated heterocycles. The molecule has 6 heteroatoms. The number of piperidine rings is 1. The van der Waals surface area contributed by atoms with Gasteiger partial charge in [-0.15, -0.1) is 0 Å². The molecule has 0 saturated carbocycles. The molecule has 2 aliphatic heterocycles. The van der Waals surface area contributed by atoms with E-state index in [2.05, 4.69) is 45.6 Å². The van der Waals surface area contributed by atoms with Crippen molar-refractivity contribution in [3.8, 4) is 0 Å². The number of aryl methyl sites for hydroxylation is 1. The van der Waals surface area contributed by atoms with Crippen molar-refractivity contribution < 1.29 is 9.59 Å². The molecule has 4 rings (SSSR count). The standard InChI is InChI=1S/C28H36N4O2/c1-22-8-10-25(11-9-22)26-12-13-28(34)32(30-26)21-27(33)29-16-5-17-31-18-14-24(15-19-31)20-23-6-3-2-4-7-23/h2-4,6-11,24H,5,12-21H2,1H3,(H,29,33). The monoisotopic (exact) mass is 460 g/mol. The summed E-state index contributed by atoms with van der Waals surface area (Å²) in [5, 5.41) is 8.76. The van der Waals surface area contributed by atoms with Gasteiger partial charge in [0, 0.05) is 19.4 Å². The molecule has 2 aromatic carbocycles. The minimum atomic E-state index is -0.149. The predicted octanol–water partition coefficient (Wildman–Crippen LogP) is 3.78. The topological polar surface area (TPSA) is 65.0 Å². The van der Waals surface area contributed by atoms with Crippen molar-refractivity contribution in [3.63, 3.8) is 0 Å². The third-order valence-electron chi connectivity index (χ3n) is 6.83. The van der Waals surface area contributed by atoms with Crippen molar-refractivity contribution >= 4 is 17.5 Å². The van der Waals surface area contributed by atoms with E-state index in [1.165, 1.54) is 35.4 Å². The number of benzene rings is 2. The van der Waals surface area contributed by atoms with Gasteiger partial charge in [0.25, 0.3) is 0 Å². The zero-order chi connectivity index (χ0) is 23.8. The summed E-state index contributed by atoms with van der Waals surface area (Å²) in [5.41, 5.74) is 4.49. The molecule has 180 valence electrons. The van der Waals surface area contributed by atoms with Crippen molar-refractivity contribution in [1.29, 1.82) is 0 Å². The van der Waals surface area contributed by atoms with Crippen LogP contribution in [0.2, 0.25) is 0 Å². The van der Waals surface area contributed by atoms with Crippen molar-refractivity contribution in [2.45, 2.75) is 45.4 Å². The van der Waals surface area contributed by atoms with Gasteiger partial charge in [-0.2, -0.15) is 5.10 Å². The predicted molar refractivity (Wildman–Crippen MR) is 136 cm³/mol. The molecule has 2 aliphatic rings. The van der Waals surface area contributed by atoms with Gasteiger partial charge in [0.2, 0.25) is 11.8 Å². The maximum atomic E-state index is 12.4. The van der Waals surface area contributed by atoms with Gasteiger partial charge in [0.1, 0.15) is 6.54 Å². The quantitative estimate of drug-likeness (QED) is 0.579. The minimum Gasteiger partial charge on any atom is -0.354 e. The summed E-state index contributed by atoms with van der Waals surface area (Å²) in [5.74, 6) is 0.527. The van der Waals surface area contributed by atoms with E-state index in [9.17, 15) is 9.59 Å². The summed E-state index contributed by atoms with van der Waals surface area (Å²) in [6.45, 7) is 5.91. The van der Waals surface area contributed by atoms with Gasteiger partial charge in [-0.1, -0.05) is 60.2 Å². The van der Waals surface area contributed by atoms with E-state index in [0.29, 0.717) is 19.4 Å². The SMILES string of the molecule is Cc1ccc(C2=NN(CC(=O)NCCCN3CCC(Cc4ccccc4)CC3)C(=O)CC2)cc1. The number of hydrogen-bond donors (Lipinski definition) is 1. The Bertz CT molecular complexity index is 979. The molecule has 2 heterocycles. The lowest BCUT2D eigenvalue weighted by atomic mass is 9.90. The smallest absolute Gasteiger partial charge is 0.243 e. The number of carbonyl (C=O) groups excluding carboxylic acids is 2. The number of carbonyl (C=O) groups is 2. The van der Waals surface area contributed by atoms with Gasteiger partial charge in [-0.25, -0.2) is 5.01 Å². The second-order valence-electron chi connectivity index (χ2n) is 9.54. The van der Waals surface area contributed by atoms with Crippen LogP contribution in [-0.2, 0) is 16.0 Å². The molecule has 0 aromatic heterocycles. The van der Waals surface area contributed by atoms with Crippen LogP contribution in [0.4, 0.5) is 0 Å². The lowest BCUT2D eigenvalue weighted by Crippen LogP contribution is -2.41. The van der Waals surface area contributed by atoms with Crippen LogP contribution in [0.25, 0.3) is 0 Å². The van der Waals surface area contributed by atoms with Crippen LogP contribution in [0.5, 0.6) is 0 Å². The highest BCUT2D eigenvalue weighted by Crippen LogP contribution is 2.21. The lowest BCUT2D eigenvalue weighted by Gasteiger charge is -2.32. The van der Waals surface area contributed by atoms with E-state index >= 15 is 0 Å². The molecule has 0 unspecified atom stereocenters. The molecule has 6 nitrogen and oxygen atoms in total. The van der Waals surface area contributed by atoms with Crippen LogP contribution >= 0.6 is 0 Å². The van der Waals surface area contributed by atoms with Crippen LogP contribution in [0.3, 0.4) is 0 Å². The molecular formula is C28H36N4O2. The number of nitrogens with zero attached hydrogens (tertiary/aromatic N) is 3. The summed E-state index contributed by atoms with van der Waals surface area (Å²) in [6, 6.07) is 18.9. The average molecular weight is 461 g/mol. The van der Waals surface area contributed by atoms with Gasteiger partial charge in [-0.3, -0.25) is 9.59 Å². The fourth-order valence-electron chi connectivity index (χ4n) is 4.76. The van der Waals surface area contributed by atoms with Crippen LogP contribution in [0.15, 0.2) is 59.7 Å². The molecule has 2 amide bonds. The summed E-state index contributed by atoms with van der Waals surface area (Å²) in [7, 11) is 0. The molecular weight excluding hydrogens is 424 g/mol. The normalized spacial score (nSPS) is 17.5. The highest BCUT2D eigenvalue weighted by atomic mass is 16.2. The maximum Gasteiger partial charge on any atom is 0.243 e. The Morgan fingerprint density at radius 2 is 1.76 bits per heavy atom. The zero-order valence-electron chi connectivity index (χ0n) is 20.2. The van der Waals surface area contributed by atoms with Crippen LogP contribution in [0, 0.1) is 12.8 Å². The fourth-order valence-corrected chi connectivity index (χ4v) is 4.76. The number of likely N-dealkylation sites (tertiary alicyclic amines) is 1. The second-order valence-corrected chi connectivity index (χ2v) is 9.54. The first-order chi connectivity index (χ1) is 16.6. The average Bonchev–Trinajstić information content (AvgIpc) is 2.85. The molecule has 0 bridgehead atoms. The molecule has 34 heavy (non-hydrogen) atoms. The van der Waals surface area contributed by atoms with E-state index in [1.807, 2.05) is 31.2 Å². The largest absolute Gasteiger partial charge is 0.354 e. The zero-order valence-corrected chi connectivity index (χ0v) is 20.2. The van der Waals surface area contributed by atoms with Gasteiger partial charge in [0.15, 0.2) is 0 Å². The first-order valence-electron chi connectivity index (χ1n) is 12.5. The number of rotatable bonds is 9. The van der Waals surface area contributed by atoms with Gasteiger partial charge in [0.05, 0.1) is 5.71 Å². The van der Waals surface area contributed by atoms with Gasteiger partial charge >= 0.3 is 0 Å². The summed E-state index contributed by atoms with van der Waals surface area (Å²) >= 11 is 0. The molecule has 0 radical (unpaired) electrons. The van der Waals surface area contributed by atoms with Crippen LogP contribution < -0.4 is 5.32 Å². The Labute approximate surface area is 203 Å². The lowest BCUT2D eigenvalue weighted by molar-refractivity contribution is -0.136. The Balaban J connectivity index is 1.14. The van der Waals surface area contributed by atoms with E-state index in [0.717, 1.165) is 43.2 Å². The first kappa shape index (κ1) is 24.1. The molecule has 0 aliphatic carbocycles. The van der Waals surface area contributed by atoms with E-state index in [1.54, 1.807) is 0 Å². The Morgan fingerprint density at radius 3 is 2.50 bits per heavy atom. The third-order valence-corrected chi connectivity index (χ3v) is 6.83. The summed E-state index contributed by atoms with van der Waals surface area (Å²) < 4.78 is 0. The van der Waals surface area contributed by atoms with E-state index in [4.69, 9.17) is 0 Å². The fraction of sp³-hybridized carbons (Fsp3) is 0.464. The number of hydrazone groups is 1. The Morgan fingerprint density at radius 1 is 1.03 bits per heavy atom. The highest BCUT2D eigenvalue weighted by molar-refractivity contribution is 6.04. The number of nitrogens with one attached hydrogen (secondary N) is 1. The number of hydrogen-bond acceptors (Lipinski definition) is 4. The van der Waals surface area contributed by atoms with Crippen LogP contribution in [0.1, 0.15) is 48.8 Å². The molecule has 0 spiro atoms. The summed E-state index contributed by atoms with van der Waals surface area (Å²) in [4.78, 5) is 27.2. The Hall–Kier alpha value is -2.99. The molecule has 0 atom stereocenters. The molecule has 1 N–H and O–H groups in total. The maximum absolute atomic E-state index is 12.4. The molecule has 2 aromatic rings. The molecule has 1 fully saturated rings. The third kappa shape index (κ3) is 7.00. The Kier molecular flexibility index (Phi) is 8.47. The second kappa shape index (κ2) is 11.9. The van der Waals surface area contributed by atoms with Crippen molar-refractivity contribution in [3.05, 3.63) is 71.3 Å².